The Morgan fingerprint density at radius 1 is 1.29 bits per heavy atom. The second-order valence-electron chi connectivity index (χ2n) is 5.82. The van der Waals surface area contributed by atoms with Crippen LogP contribution in [0.3, 0.4) is 0 Å². The van der Waals surface area contributed by atoms with Crippen LogP contribution in [0.2, 0.25) is 0 Å². The maximum Gasteiger partial charge on any atom is 0.262 e. The number of thiophene rings is 1. The van der Waals surface area contributed by atoms with E-state index < -0.39 is 0 Å². The number of fused-ring (bicyclic) bond motifs is 3. The van der Waals surface area contributed by atoms with Gasteiger partial charge in [-0.25, -0.2) is 0 Å². The number of rotatable bonds is 3. The quantitative estimate of drug-likeness (QED) is 0.601. The second-order valence-corrected chi connectivity index (χ2v) is 6.99. The van der Waals surface area contributed by atoms with Crippen LogP contribution in [-0.2, 0) is 13.1 Å². The predicted octanol–water partition coefficient (Wildman–Crippen LogP) is 3.39. The highest BCUT2D eigenvalue weighted by Crippen LogP contribution is 2.32. The van der Waals surface area contributed by atoms with Crippen molar-refractivity contribution in [2.24, 2.45) is 5.73 Å². The van der Waals surface area contributed by atoms with Crippen molar-refractivity contribution in [3.05, 3.63) is 51.3 Å². The van der Waals surface area contributed by atoms with Crippen LogP contribution in [0, 0.1) is 6.92 Å². The number of nitrogens with one attached hydrogen (secondary N) is 1. The Balaban J connectivity index is 2.07. The van der Waals surface area contributed by atoms with E-state index in [0.717, 1.165) is 32.6 Å². The fourth-order valence-electron chi connectivity index (χ4n) is 3.20. The highest BCUT2D eigenvalue weighted by molar-refractivity contribution is 7.15. The largest absolute Gasteiger partial charge is 0.326 e. The molecule has 3 heterocycles. The first kappa shape index (κ1) is 15.1. The van der Waals surface area contributed by atoms with Gasteiger partial charge in [-0.3, -0.25) is 9.89 Å². The number of pyridine rings is 1. The molecule has 0 spiro atoms. The zero-order chi connectivity index (χ0) is 16.8. The zero-order valence-electron chi connectivity index (χ0n) is 13.6. The van der Waals surface area contributed by atoms with E-state index in [1.165, 1.54) is 4.88 Å². The minimum Gasteiger partial charge on any atom is -0.326 e. The maximum atomic E-state index is 12.7. The zero-order valence-corrected chi connectivity index (χ0v) is 14.4. The smallest absolute Gasteiger partial charge is 0.262 e. The molecule has 0 aliphatic carbocycles. The van der Waals surface area contributed by atoms with Crippen LogP contribution >= 0.6 is 11.3 Å². The van der Waals surface area contributed by atoms with Crippen molar-refractivity contribution in [3.63, 3.8) is 0 Å². The molecular formula is C18H18N4OS. The molecule has 3 aromatic heterocycles. The first-order valence-electron chi connectivity index (χ1n) is 7.94. The van der Waals surface area contributed by atoms with E-state index in [9.17, 15) is 4.79 Å². The van der Waals surface area contributed by atoms with Crippen LogP contribution in [0.15, 0.2) is 35.1 Å². The van der Waals surface area contributed by atoms with Gasteiger partial charge >= 0.3 is 0 Å². The molecule has 122 valence electrons. The molecule has 0 saturated heterocycles. The Morgan fingerprint density at radius 3 is 2.83 bits per heavy atom. The van der Waals surface area contributed by atoms with Gasteiger partial charge in [0.15, 0.2) is 0 Å². The summed E-state index contributed by atoms with van der Waals surface area (Å²) in [5, 5.41) is 9.01. The highest BCUT2D eigenvalue weighted by Gasteiger charge is 2.15. The number of nitrogens with zero attached hydrogens (tertiary/aromatic N) is 2. The van der Waals surface area contributed by atoms with Gasteiger partial charge < -0.3 is 10.3 Å². The minimum absolute atomic E-state index is 0.0144. The lowest BCUT2D eigenvalue weighted by Gasteiger charge is -2.10. The van der Waals surface area contributed by atoms with Crippen LogP contribution in [0.5, 0.6) is 0 Å². The highest BCUT2D eigenvalue weighted by atomic mass is 32.1. The first-order chi connectivity index (χ1) is 11.6. The Kier molecular flexibility index (Phi) is 3.51. The lowest BCUT2D eigenvalue weighted by molar-refractivity contribution is 0.766. The Bertz CT molecular complexity index is 1120. The van der Waals surface area contributed by atoms with Crippen LogP contribution in [0.25, 0.3) is 32.2 Å². The third-order valence-corrected chi connectivity index (χ3v) is 5.57. The van der Waals surface area contributed by atoms with Crippen LogP contribution < -0.4 is 11.3 Å². The molecule has 1 aromatic carbocycles. The van der Waals surface area contributed by atoms with Gasteiger partial charge in [-0.2, -0.15) is 5.10 Å². The van der Waals surface area contributed by atoms with Crippen molar-refractivity contribution in [1.29, 1.82) is 0 Å². The van der Waals surface area contributed by atoms with Gasteiger partial charge in [0.2, 0.25) is 0 Å². The molecule has 3 N–H and O–H groups in total. The molecule has 0 bridgehead atoms. The van der Waals surface area contributed by atoms with E-state index in [4.69, 9.17) is 5.73 Å². The average Bonchev–Trinajstić information content (AvgIpc) is 3.22. The van der Waals surface area contributed by atoms with Gasteiger partial charge in [-0.1, -0.05) is 6.07 Å². The molecule has 0 fully saturated rings. The SMILES string of the molecule is CCn1c(=O)c2c(C)[nH]nc2c2cc(-c3ccc(CN)s3)ccc21. The van der Waals surface area contributed by atoms with Gasteiger partial charge in [-0.15, -0.1) is 11.3 Å². The number of aromatic amines is 1. The van der Waals surface area contributed by atoms with Crippen molar-refractivity contribution < 1.29 is 0 Å². The number of aryl methyl sites for hydroxylation is 2. The molecule has 4 rings (SSSR count). The Morgan fingerprint density at radius 2 is 2.12 bits per heavy atom. The second kappa shape index (κ2) is 5.58. The molecule has 0 aliphatic heterocycles. The van der Waals surface area contributed by atoms with E-state index in [0.29, 0.717) is 18.5 Å². The van der Waals surface area contributed by atoms with Crippen molar-refractivity contribution >= 4 is 33.1 Å². The summed E-state index contributed by atoms with van der Waals surface area (Å²) in [7, 11) is 0. The molecule has 6 heteroatoms. The molecule has 0 radical (unpaired) electrons. The summed E-state index contributed by atoms with van der Waals surface area (Å²) in [6.07, 6.45) is 0. The van der Waals surface area contributed by atoms with E-state index in [1.54, 1.807) is 11.3 Å². The number of hydrogen-bond donors (Lipinski definition) is 2. The summed E-state index contributed by atoms with van der Waals surface area (Å²) >= 11 is 1.70. The van der Waals surface area contributed by atoms with Gasteiger partial charge in [0.1, 0.15) is 5.52 Å². The average molecular weight is 338 g/mol. The molecule has 24 heavy (non-hydrogen) atoms. The molecule has 0 saturated carbocycles. The van der Waals surface area contributed by atoms with Gasteiger partial charge in [0, 0.05) is 33.9 Å². The summed E-state index contributed by atoms with van der Waals surface area (Å²) in [5.41, 5.74) is 9.33. The summed E-state index contributed by atoms with van der Waals surface area (Å²) in [4.78, 5) is 15.1. The topological polar surface area (TPSA) is 76.7 Å². The molecule has 0 unspecified atom stereocenters. The van der Waals surface area contributed by atoms with Gasteiger partial charge in [0.25, 0.3) is 5.56 Å². The van der Waals surface area contributed by atoms with Gasteiger partial charge in [-0.05, 0) is 43.7 Å². The number of nitrogens with two attached hydrogens (primary N) is 1. The van der Waals surface area contributed by atoms with Crippen molar-refractivity contribution in [1.82, 2.24) is 14.8 Å². The maximum absolute atomic E-state index is 12.7. The van der Waals surface area contributed by atoms with E-state index >= 15 is 0 Å². The Labute approximate surface area is 142 Å². The molecule has 4 aromatic rings. The third kappa shape index (κ3) is 2.11. The molecule has 0 aliphatic rings. The van der Waals surface area contributed by atoms with Crippen molar-refractivity contribution in [2.75, 3.05) is 0 Å². The fourth-order valence-corrected chi connectivity index (χ4v) is 4.08. The molecule has 0 amide bonds. The number of hydrogen-bond acceptors (Lipinski definition) is 4. The van der Waals surface area contributed by atoms with E-state index in [1.807, 2.05) is 24.5 Å². The standard InChI is InChI=1S/C18H18N4OS/c1-3-22-14-6-4-11(15-7-5-12(9-19)24-15)8-13(14)17-16(18(22)23)10(2)20-21-17/h4-8H,3,9,19H2,1-2H3,(H,20,21). The third-order valence-electron chi connectivity index (χ3n) is 4.41. The van der Waals surface area contributed by atoms with Crippen LogP contribution in [-0.4, -0.2) is 14.8 Å². The van der Waals surface area contributed by atoms with Crippen LogP contribution in [0.4, 0.5) is 0 Å². The lowest BCUT2D eigenvalue weighted by Crippen LogP contribution is -2.20. The summed E-state index contributed by atoms with van der Waals surface area (Å²) in [6, 6.07) is 10.4. The fraction of sp³-hybridized carbons (Fsp3) is 0.222. The van der Waals surface area contributed by atoms with E-state index in [2.05, 4.69) is 34.5 Å². The lowest BCUT2D eigenvalue weighted by atomic mass is 10.1. The number of benzene rings is 1. The van der Waals surface area contributed by atoms with Gasteiger partial charge in [0.05, 0.1) is 10.9 Å². The monoisotopic (exact) mass is 338 g/mol. The number of H-pyrrole nitrogens is 1. The van der Waals surface area contributed by atoms with Crippen molar-refractivity contribution in [3.8, 4) is 10.4 Å². The Hall–Kier alpha value is -2.44. The summed E-state index contributed by atoms with van der Waals surface area (Å²) in [5.74, 6) is 0. The summed E-state index contributed by atoms with van der Waals surface area (Å²) < 4.78 is 1.81. The van der Waals surface area contributed by atoms with E-state index in [-0.39, 0.29) is 5.56 Å². The molecular weight excluding hydrogens is 320 g/mol. The van der Waals surface area contributed by atoms with Crippen molar-refractivity contribution in [2.45, 2.75) is 26.9 Å². The molecule has 5 nitrogen and oxygen atoms in total. The minimum atomic E-state index is 0.0144. The first-order valence-corrected chi connectivity index (χ1v) is 8.76. The molecule has 0 atom stereocenters. The van der Waals surface area contributed by atoms with Crippen LogP contribution in [0.1, 0.15) is 17.5 Å². The summed E-state index contributed by atoms with van der Waals surface area (Å²) in [6.45, 7) is 5.06. The number of aromatic nitrogens is 3. The normalized spacial score (nSPS) is 11.6. The predicted molar refractivity (Wildman–Crippen MR) is 99.5 cm³/mol.